The molecule has 0 bridgehead atoms. The van der Waals surface area contributed by atoms with Crippen LogP contribution < -0.4 is 0 Å². The normalized spacial score (nSPS) is 36.5. The lowest BCUT2D eigenvalue weighted by Gasteiger charge is -2.40. The van der Waals surface area contributed by atoms with Crippen LogP contribution in [0.1, 0.15) is 32.1 Å². The van der Waals surface area contributed by atoms with E-state index >= 15 is 0 Å². The van der Waals surface area contributed by atoms with E-state index in [1.807, 2.05) is 0 Å². The van der Waals surface area contributed by atoms with Crippen molar-refractivity contribution in [1.82, 2.24) is 9.37 Å². The van der Waals surface area contributed by atoms with Crippen molar-refractivity contribution in [3.63, 3.8) is 0 Å². The topological polar surface area (TPSA) is 76.2 Å². The molecule has 1 aliphatic carbocycles. The van der Waals surface area contributed by atoms with E-state index in [1.54, 1.807) is 4.31 Å². The molecule has 3 heterocycles. The Kier molecular flexibility index (Phi) is 3.67. The number of hydrogen-bond donors (Lipinski definition) is 0. The highest BCUT2D eigenvalue weighted by atomic mass is 32.2. The Bertz CT molecular complexity index is 556. The van der Waals surface area contributed by atoms with Crippen LogP contribution in [0, 0.1) is 5.92 Å². The number of nitrogens with zero attached hydrogens (tertiary/aromatic N) is 2. The summed E-state index contributed by atoms with van der Waals surface area (Å²) < 4.78 is 32.7. The van der Waals surface area contributed by atoms with E-state index in [0.717, 1.165) is 25.7 Å². The zero-order valence-electron chi connectivity index (χ0n) is 12.5. The fourth-order valence-corrected chi connectivity index (χ4v) is 5.87. The molecule has 0 aromatic carbocycles. The number of hydrogen-bond acceptors (Lipinski definition) is 5. The van der Waals surface area contributed by atoms with Gasteiger partial charge < -0.3 is 4.74 Å². The first-order valence-electron chi connectivity index (χ1n) is 8.14. The van der Waals surface area contributed by atoms with Gasteiger partial charge in [0.25, 0.3) is 5.91 Å². The van der Waals surface area contributed by atoms with Crippen LogP contribution in [-0.2, 0) is 24.4 Å². The Hall–Kier alpha value is -0.700. The van der Waals surface area contributed by atoms with Crippen molar-refractivity contribution in [1.29, 1.82) is 0 Å². The van der Waals surface area contributed by atoms with Gasteiger partial charge in [-0.05, 0) is 32.1 Å². The van der Waals surface area contributed by atoms with Gasteiger partial charge in [-0.15, -0.1) is 0 Å². The average Bonchev–Trinajstić information content (AvgIpc) is 3.05. The second-order valence-electron chi connectivity index (χ2n) is 6.64. The third-order valence-corrected chi connectivity index (χ3v) is 7.47. The van der Waals surface area contributed by atoms with Crippen molar-refractivity contribution >= 4 is 15.9 Å². The van der Waals surface area contributed by atoms with Gasteiger partial charge in [0.1, 0.15) is 0 Å². The molecule has 4 rings (SSSR count). The number of carbonyl (C=O) groups excluding carboxylic acids is 1. The largest absolute Gasteiger partial charge is 0.376 e. The predicted molar refractivity (Wildman–Crippen MR) is 77.2 cm³/mol. The molecule has 22 heavy (non-hydrogen) atoms. The van der Waals surface area contributed by atoms with E-state index in [0.29, 0.717) is 26.2 Å². The summed E-state index contributed by atoms with van der Waals surface area (Å²) in [6.45, 7) is 2.01. The number of amides is 1. The van der Waals surface area contributed by atoms with Crippen molar-refractivity contribution in [2.24, 2.45) is 5.92 Å². The molecule has 7 nitrogen and oxygen atoms in total. The molecule has 0 radical (unpaired) electrons. The average molecular weight is 330 g/mol. The molecule has 0 N–H and O–H groups in total. The molecule has 4 aliphatic rings. The summed E-state index contributed by atoms with van der Waals surface area (Å²) in [5, 5.41) is 1.16. The van der Waals surface area contributed by atoms with Gasteiger partial charge in [0.2, 0.25) is 10.0 Å². The highest BCUT2D eigenvalue weighted by Gasteiger charge is 2.51. The third kappa shape index (κ3) is 2.46. The number of carbonyl (C=O) groups is 1. The van der Waals surface area contributed by atoms with Gasteiger partial charge in [0.15, 0.2) is 0 Å². The van der Waals surface area contributed by atoms with Gasteiger partial charge in [-0.1, -0.05) is 0 Å². The highest BCUT2D eigenvalue weighted by Crippen LogP contribution is 2.39. The fourth-order valence-electron chi connectivity index (χ4n) is 3.75. The van der Waals surface area contributed by atoms with Gasteiger partial charge in [0, 0.05) is 13.2 Å². The molecular formula is C14H22N2O5S. The van der Waals surface area contributed by atoms with Gasteiger partial charge >= 0.3 is 0 Å². The molecule has 0 unspecified atom stereocenters. The summed E-state index contributed by atoms with van der Waals surface area (Å²) in [5.41, 5.74) is 0. The molecule has 0 spiro atoms. The van der Waals surface area contributed by atoms with Crippen LogP contribution in [0.15, 0.2) is 0 Å². The minimum absolute atomic E-state index is 0.0888. The molecule has 1 saturated carbocycles. The van der Waals surface area contributed by atoms with Crippen LogP contribution >= 0.6 is 0 Å². The molecule has 8 heteroatoms. The van der Waals surface area contributed by atoms with E-state index in [-0.39, 0.29) is 35.8 Å². The van der Waals surface area contributed by atoms with Crippen LogP contribution in [-0.4, -0.2) is 67.4 Å². The van der Waals surface area contributed by atoms with Crippen molar-refractivity contribution < 1.29 is 22.8 Å². The van der Waals surface area contributed by atoms with E-state index in [1.165, 1.54) is 5.06 Å². The number of hydroxylamine groups is 2. The van der Waals surface area contributed by atoms with Crippen molar-refractivity contribution in [2.75, 3.05) is 26.3 Å². The minimum atomic E-state index is -3.29. The third-order valence-electron chi connectivity index (χ3n) is 5.08. The molecule has 124 valence electrons. The van der Waals surface area contributed by atoms with Crippen molar-refractivity contribution in [3.8, 4) is 0 Å². The summed E-state index contributed by atoms with van der Waals surface area (Å²) in [7, 11) is -3.29. The summed E-state index contributed by atoms with van der Waals surface area (Å²) in [6.07, 6.45) is 3.50. The fraction of sp³-hybridized carbons (Fsp3) is 0.929. The highest BCUT2D eigenvalue weighted by molar-refractivity contribution is 7.90. The van der Waals surface area contributed by atoms with Crippen molar-refractivity contribution in [3.05, 3.63) is 0 Å². The Labute approximate surface area is 130 Å². The lowest BCUT2D eigenvalue weighted by Crippen LogP contribution is -2.55. The van der Waals surface area contributed by atoms with E-state index in [2.05, 4.69) is 0 Å². The summed E-state index contributed by atoms with van der Waals surface area (Å²) >= 11 is 0. The van der Waals surface area contributed by atoms with Gasteiger partial charge in [-0.2, -0.15) is 4.31 Å². The predicted octanol–water partition coefficient (Wildman–Crippen LogP) is 0.122. The number of rotatable bonds is 3. The minimum Gasteiger partial charge on any atom is -0.376 e. The van der Waals surface area contributed by atoms with Crippen LogP contribution in [0.5, 0.6) is 0 Å². The summed E-state index contributed by atoms with van der Waals surface area (Å²) in [6, 6.07) is -0.0888. The SMILES string of the molecule is O=C([C@H]1C[C@H]2OCC[C@H]2N(S(=O)(=O)C2CC2)C1)N1CCCO1. The van der Waals surface area contributed by atoms with Crippen LogP contribution in [0.3, 0.4) is 0 Å². The molecule has 1 amide bonds. The second kappa shape index (κ2) is 5.43. The molecule has 3 atom stereocenters. The van der Waals surface area contributed by atoms with E-state index < -0.39 is 10.0 Å². The first-order valence-corrected chi connectivity index (χ1v) is 9.64. The maximum Gasteiger partial charge on any atom is 0.250 e. The van der Waals surface area contributed by atoms with Crippen molar-refractivity contribution in [2.45, 2.75) is 49.5 Å². The maximum atomic E-state index is 12.7. The molecule has 0 aromatic heterocycles. The Balaban J connectivity index is 1.56. The van der Waals surface area contributed by atoms with Gasteiger partial charge in [-0.25, -0.2) is 13.5 Å². The quantitative estimate of drug-likeness (QED) is 0.735. The smallest absolute Gasteiger partial charge is 0.250 e. The molecule has 3 aliphatic heterocycles. The maximum absolute atomic E-state index is 12.7. The van der Waals surface area contributed by atoms with E-state index in [9.17, 15) is 13.2 Å². The standard InChI is InChI=1S/C14H22N2O5S/c17-14(15-5-1-6-21-15)10-8-13-12(4-7-20-13)16(9-10)22(18,19)11-2-3-11/h10-13H,1-9H2/t10-,12+,13+/m0/s1. The van der Waals surface area contributed by atoms with Crippen LogP contribution in [0.4, 0.5) is 0 Å². The Morgan fingerprint density at radius 3 is 2.64 bits per heavy atom. The van der Waals surface area contributed by atoms with E-state index in [4.69, 9.17) is 9.57 Å². The summed E-state index contributed by atoms with van der Waals surface area (Å²) in [5.74, 6) is -0.451. The molecule has 4 fully saturated rings. The van der Waals surface area contributed by atoms with Gasteiger partial charge in [-0.3, -0.25) is 9.63 Å². The molecular weight excluding hydrogens is 308 g/mol. The number of piperidine rings is 1. The number of fused-ring (bicyclic) bond motifs is 1. The Morgan fingerprint density at radius 1 is 1.14 bits per heavy atom. The van der Waals surface area contributed by atoms with Crippen LogP contribution in [0.25, 0.3) is 0 Å². The molecule has 0 aromatic rings. The Morgan fingerprint density at radius 2 is 1.95 bits per heavy atom. The first-order chi connectivity index (χ1) is 10.6. The second-order valence-corrected chi connectivity index (χ2v) is 8.80. The lowest BCUT2D eigenvalue weighted by molar-refractivity contribution is -0.176. The van der Waals surface area contributed by atoms with Crippen LogP contribution in [0.2, 0.25) is 0 Å². The molecule has 3 saturated heterocycles. The van der Waals surface area contributed by atoms with Gasteiger partial charge in [0.05, 0.1) is 36.5 Å². The lowest BCUT2D eigenvalue weighted by atomic mass is 9.91. The summed E-state index contributed by atoms with van der Waals surface area (Å²) in [4.78, 5) is 17.9. The number of ether oxygens (including phenoxy) is 1. The number of sulfonamides is 1. The zero-order valence-corrected chi connectivity index (χ0v) is 13.3. The first kappa shape index (κ1) is 14.9. The monoisotopic (exact) mass is 330 g/mol. The zero-order chi connectivity index (χ0) is 15.3.